The van der Waals surface area contributed by atoms with Crippen molar-refractivity contribution in [2.24, 2.45) is 0 Å². The van der Waals surface area contributed by atoms with Crippen LogP contribution in [-0.2, 0) is 0 Å². The molecule has 0 spiro atoms. The number of aromatic nitrogens is 2. The topological polar surface area (TPSA) is 80.4 Å². The molecule has 3 aliphatic rings. The van der Waals surface area contributed by atoms with E-state index in [1.807, 2.05) is 22.9 Å². The van der Waals surface area contributed by atoms with Crippen molar-refractivity contribution in [1.29, 1.82) is 5.26 Å². The number of anilines is 4. The second-order valence-electron chi connectivity index (χ2n) is 12.1. The normalized spacial score (nSPS) is 19.6. The Bertz CT molecular complexity index is 1690. The molecule has 7 rings (SSSR count). The molecule has 3 fully saturated rings. The molecule has 0 radical (unpaired) electrons. The standard InChI is InChI=1S/C34H37N7O/c1-38-15-17-39(18-16-38)28-9-7-27(8-10-28)37-32-20-30(22-36-33(32)21-35)40-13-2-3-29(23-40)41-14-12-26-19-25(24-4-5-24)6-11-31(26)34(41)42/h6-12,14,19-20,22,24,29,37H,2-5,13,15-18,23H2,1H3/t29-/m1/s1. The van der Waals surface area contributed by atoms with Crippen LogP contribution in [0.3, 0.4) is 0 Å². The molecule has 4 heterocycles. The fourth-order valence-electron chi connectivity index (χ4n) is 6.44. The Hall–Kier alpha value is -4.35. The molecule has 2 aliphatic heterocycles. The van der Waals surface area contributed by atoms with Gasteiger partial charge in [0.05, 0.1) is 23.6 Å². The van der Waals surface area contributed by atoms with Gasteiger partial charge < -0.3 is 24.6 Å². The van der Waals surface area contributed by atoms with Crippen molar-refractivity contribution < 1.29 is 0 Å². The lowest BCUT2D eigenvalue weighted by molar-refractivity contribution is 0.313. The van der Waals surface area contributed by atoms with Crippen LogP contribution < -0.4 is 20.7 Å². The van der Waals surface area contributed by atoms with Crippen LogP contribution in [0.4, 0.5) is 22.7 Å². The third-order valence-corrected chi connectivity index (χ3v) is 9.15. The fourth-order valence-corrected chi connectivity index (χ4v) is 6.44. The largest absolute Gasteiger partial charge is 0.369 e. The quantitative estimate of drug-likeness (QED) is 0.335. The first-order chi connectivity index (χ1) is 20.6. The molecular formula is C34H37N7O. The molecule has 214 valence electrons. The zero-order chi connectivity index (χ0) is 28.6. The number of nitrogens with one attached hydrogen (secondary N) is 1. The number of benzene rings is 2. The van der Waals surface area contributed by atoms with Crippen LogP contribution in [0.1, 0.15) is 48.9 Å². The van der Waals surface area contributed by atoms with E-state index in [4.69, 9.17) is 0 Å². The van der Waals surface area contributed by atoms with Gasteiger partial charge in [-0.3, -0.25) is 4.79 Å². The zero-order valence-electron chi connectivity index (χ0n) is 24.2. The lowest BCUT2D eigenvalue weighted by Gasteiger charge is -2.35. The van der Waals surface area contributed by atoms with Gasteiger partial charge in [0.25, 0.3) is 5.56 Å². The van der Waals surface area contributed by atoms with E-state index in [1.165, 1.54) is 24.1 Å². The van der Waals surface area contributed by atoms with Gasteiger partial charge in [-0.1, -0.05) is 12.1 Å². The maximum atomic E-state index is 13.5. The summed E-state index contributed by atoms with van der Waals surface area (Å²) in [7, 11) is 2.16. The van der Waals surface area contributed by atoms with Crippen LogP contribution in [0.25, 0.3) is 10.8 Å². The van der Waals surface area contributed by atoms with Crippen molar-refractivity contribution in [3.05, 3.63) is 88.6 Å². The van der Waals surface area contributed by atoms with Gasteiger partial charge in [0, 0.05) is 62.2 Å². The van der Waals surface area contributed by atoms with Gasteiger partial charge >= 0.3 is 0 Å². The number of fused-ring (bicyclic) bond motifs is 1. The maximum Gasteiger partial charge on any atom is 0.258 e. The third kappa shape index (κ3) is 5.33. The molecule has 8 heteroatoms. The van der Waals surface area contributed by atoms with E-state index in [9.17, 15) is 10.1 Å². The molecule has 1 atom stereocenters. The summed E-state index contributed by atoms with van der Waals surface area (Å²) >= 11 is 0. The number of piperazine rings is 1. The molecule has 0 bridgehead atoms. The van der Waals surface area contributed by atoms with E-state index in [2.05, 4.69) is 80.6 Å². The van der Waals surface area contributed by atoms with Crippen LogP contribution in [0.2, 0.25) is 0 Å². The minimum absolute atomic E-state index is 0.0768. The lowest BCUT2D eigenvalue weighted by Crippen LogP contribution is -2.44. The van der Waals surface area contributed by atoms with Crippen molar-refractivity contribution in [2.75, 3.05) is 61.4 Å². The second-order valence-corrected chi connectivity index (χ2v) is 12.1. The van der Waals surface area contributed by atoms with Gasteiger partial charge in [0.2, 0.25) is 0 Å². The van der Waals surface area contributed by atoms with Gasteiger partial charge in [0.15, 0.2) is 5.69 Å². The molecule has 4 aromatic rings. The van der Waals surface area contributed by atoms with Crippen molar-refractivity contribution >= 4 is 33.5 Å². The van der Waals surface area contributed by atoms with E-state index in [1.54, 1.807) is 6.20 Å². The zero-order valence-corrected chi connectivity index (χ0v) is 24.2. The molecule has 0 unspecified atom stereocenters. The molecule has 8 nitrogen and oxygen atoms in total. The van der Waals surface area contributed by atoms with E-state index in [0.717, 1.165) is 74.3 Å². The highest BCUT2D eigenvalue weighted by atomic mass is 16.1. The van der Waals surface area contributed by atoms with Crippen molar-refractivity contribution in [1.82, 2.24) is 14.5 Å². The van der Waals surface area contributed by atoms with E-state index < -0.39 is 0 Å². The highest BCUT2D eigenvalue weighted by Gasteiger charge is 2.26. The van der Waals surface area contributed by atoms with E-state index in [-0.39, 0.29) is 11.6 Å². The molecule has 2 saturated heterocycles. The highest BCUT2D eigenvalue weighted by Crippen LogP contribution is 2.40. The van der Waals surface area contributed by atoms with Crippen LogP contribution in [0.5, 0.6) is 0 Å². The van der Waals surface area contributed by atoms with Crippen molar-refractivity contribution in [3.63, 3.8) is 0 Å². The second kappa shape index (κ2) is 11.1. The Kier molecular flexibility index (Phi) is 7.04. The maximum absolute atomic E-state index is 13.5. The van der Waals surface area contributed by atoms with Crippen molar-refractivity contribution in [3.8, 4) is 6.07 Å². The summed E-state index contributed by atoms with van der Waals surface area (Å²) in [6.07, 6.45) is 8.20. The molecule has 2 aromatic carbocycles. The number of hydrogen-bond donors (Lipinski definition) is 1. The number of nitrogens with zero attached hydrogens (tertiary/aromatic N) is 6. The van der Waals surface area contributed by atoms with Crippen LogP contribution in [0.15, 0.2) is 71.8 Å². The Labute approximate surface area is 246 Å². The number of pyridine rings is 2. The van der Waals surface area contributed by atoms with Gasteiger partial charge in [-0.25, -0.2) is 4.98 Å². The number of hydrogen-bond acceptors (Lipinski definition) is 7. The number of rotatable bonds is 6. The predicted octanol–water partition coefficient (Wildman–Crippen LogP) is 5.48. The minimum Gasteiger partial charge on any atom is -0.369 e. The first kappa shape index (κ1) is 26.5. The summed E-state index contributed by atoms with van der Waals surface area (Å²) < 4.78 is 1.92. The molecule has 1 saturated carbocycles. The highest BCUT2D eigenvalue weighted by molar-refractivity contribution is 5.82. The first-order valence-electron chi connectivity index (χ1n) is 15.2. The summed E-state index contributed by atoms with van der Waals surface area (Å²) in [6, 6.07) is 21.2. The Morgan fingerprint density at radius 1 is 0.905 bits per heavy atom. The molecule has 1 N–H and O–H groups in total. The molecule has 2 aromatic heterocycles. The van der Waals surface area contributed by atoms with Crippen LogP contribution in [0, 0.1) is 11.3 Å². The molecule has 1 aliphatic carbocycles. The minimum atomic E-state index is 0.0768. The Morgan fingerprint density at radius 2 is 1.71 bits per heavy atom. The number of nitriles is 1. The van der Waals surface area contributed by atoms with Gasteiger partial charge in [-0.05, 0) is 92.1 Å². The molecule has 42 heavy (non-hydrogen) atoms. The van der Waals surface area contributed by atoms with Gasteiger partial charge in [-0.15, -0.1) is 0 Å². The number of likely N-dealkylation sites (N-methyl/N-ethyl adjacent to an activating group) is 1. The van der Waals surface area contributed by atoms with Crippen LogP contribution >= 0.6 is 0 Å². The number of piperidine rings is 1. The smallest absolute Gasteiger partial charge is 0.258 e. The van der Waals surface area contributed by atoms with Gasteiger partial charge in [0.1, 0.15) is 6.07 Å². The summed E-state index contributed by atoms with van der Waals surface area (Å²) in [5.41, 5.74) is 5.60. The van der Waals surface area contributed by atoms with Gasteiger partial charge in [-0.2, -0.15) is 5.26 Å². The average Bonchev–Trinajstić information content (AvgIpc) is 3.88. The van der Waals surface area contributed by atoms with E-state index >= 15 is 0 Å². The lowest BCUT2D eigenvalue weighted by atomic mass is 10.0. The predicted molar refractivity (Wildman–Crippen MR) is 169 cm³/mol. The Balaban J connectivity index is 1.09. The van der Waals surface area contributed by atoms with E-state index in [0.29, 0.717) is 17.3 Å². The summed E-state index contributed by atoms with van der Waals surface area (Å²) in [5, 5.41) is 15.0. The Morgan fingerprint density at radius 3 is 2.48 bits per heavy atom. The summed E-state index contributed by atoms with van der Waals surface area (Å²) in [6.45, 7) is 5.79. The molecule has 0 amide bonds. The van der Waals surface area contributed by atoms with Crippen molar-refractivity contribution in [2.45, 2.75) is 37.6 Å². The summed E-state index contributed by atoms with van der Waals surface area (Å²) in [5.74, 6) is 0.672. The molecular weight excluding hydrogens is 522 g/mol. The monoisotopic (exact) mass is 559 g/mol. The fraction of sp³-hybridized carbons (Fsp3) is 0.382. The summed E-state index contributed by atoms with van der Waals surface area (Å²) in [4.78, 5) is 25.1. The average molecular weight is 560 g/mol. The third-order valence-electron chi connectivity index (χ3n) is 9.15. The van der Waals surface area contributed by atoms with Crippen LogP contribution in [-0.4, -0.2) is 60.8 Å². The first-order valence-corrected chi connectivity index (χ1v) is 15.2. The SMILES string of the molecule is CN1CCN(c2ccc(Nc3cc(N4CCC[C@@H](n5ccc6cc(C7CC7)ccc6c5=O)C4)cnc3C#N)cc2)CC1.